The molecule has 1 fully saturated rings. The van der Waals surface area contributed by atoms with Crippen molar-refractivity contribution in [3.05, 3.63) is 58.6 Å². The van der Waals surface area contributed by atoms with Crippen molar-refractivity contribution in [1.29, 1.82) is 0 Å². The highest BCUT2D eigenvalue weighted by atomic mass is 79.9. The normalized spacial score (nSPS) is 14.0. The average molecular weight is 346 g/mol. The molecule has 1 amide bonds. The molecule has 1 aliphatic rings. The second-order valence-electron chi connectivity index (χ2n) is 5.35. The van der Waals surface area contributed by atoms with Gasteiger partial charge in [-0.1, -0.05) is 28.1 Å². The van der Waals surface area contributed by atoms with Crippen molar-refractivity contribution in [2.45, 2.75) is 19.4 Å². The summed E-state index contributed by atoms with van der Waals surface area (Å²) >= 11 is 3.47. The van der Waals surface area contributed by atoms with Crippen molar-refractivity contribution in [2.24, 2.45) is 5.92 Å². The highest BCUT2D eigenvalue weighted by Gasteiger charge is 2.27. The molecule has 5 heteroatoms. The van der Waals surface area contributed by atoms with E-state index in [1.165, 1.54) is 19.0 Å². The van der Waals surface area contributed by atoms with Gasteiger partial charge in [0.15, 0.2) is 0 Å². The Morgan fingerprint density at radius 3 is 2.86 bits per heavy atom. The number of carbonyl (C=O) groups is 1. The zero-order chi connectivity index (χ0) is 14.7. The van der Waals surface area contributed by atoms with E-state index in [1.54, 1.807) is 12.4 Å². The van der Waals surface area contributed by atoms with Crippen molar-refractivity contribution in [3.8, 4) is 0 Å². The van der Waals surface area contributed by atoms with Gasteiger partial charge < -0.3 is 4.90 Å². The van der Waals surface area contributed by atoms with Gasteiger partial charge in [-0.25, -0.2) is 4.98 Å². The molecular weight excluding hydrogens is 330 g/mol. The lowest BCUT2D eigenvalue weighted by molar-refractivity contribution is 0.0728. The second kappa shape index (κ2) is 6.35. The van der Waals surface area contributed by atoms with Crippen LogP contribution in [0.15, 0.2) is 47.3 Å². The molecule has 4 nitrogen and oxygen atoms in total. The lowest BCUT2D eigenvalue weighted by Gasteiger charge is -2.22. The Morgan fingerprint density at radius 2 is 2.19 bits per heavy atom. The summed E-state index contributed by atoms with van der Waals surface area (Å²) in [5.41, 5.74) is 1.52. The number of carbonyl (C=O) groups excluding carboxylic acids is 1. The van der Waals surface area contributed by atoms with Crippen LogP contribution in [0.25, 0.3) is 0 Å². The van der Waals surface area contributed by atoms with Crippen LogP contribution in [0.1, 0.15) is 28.9 Å². The summed E-state index contributed by atoms with van der Waals surface area (Å²) in [4.78, 5) is 22.6. The predicted molar refractivity (Wildman–Crippen MR) is 83.6 cm³/mol. The summed E-state index contributed by atoms with van der Waals surface area (Å²) in [6, 6.07) is 8.05. The van der Waals surface area contributed by atoms with Gasteiger partial charge in [0.25, 0.3) is 5.91 Å². The van der Waals surface area contributed by atoms with Gasteiger partial charge in [-0.05, 0) is 36.5 Å². The minimum atomic E-state index is -0.0463. The number of rotatable bonds is 5. The molecule has 0 unspecified atom stereocenters. The molecule has 3 rings (SSSR count). The van der Waals surface area contributed by atoms with Crippen LogP contribution in [0.5, 0.6) is 0 Å². The summed E-state index contributed by atoms with van der Waals surface area (Å²) in [5.74, 6) is 0.591. The molecule has 108 valence electrons. The van der Waals surface area contributed by atoms with E-state index in [-0.39, 0.29) is 5.91 Å². The Balaban J connectivity index is 1.78. The smallest absolute Gasteiger partial charge is 0.274 e. The molecule has 0 aliphatic heterocycles. The van der Waals surface area contributed by atoms with Crippen LogP contribution in [-0.2, 0) is 6.54 Å². The van der Waals surface area contributed by atoms with Crippen molar-refractivity contribution < 1.29 is 4.79 Å². The molecular formula is C16H16BrN3O. The van der Waals surface area contributed by atoms with Crippen molar-refractivity contribution >= 4 is 21.8 Å². The van der Waals surface area contributed by atoms with E-state index in [0.717, 1.165) is 16.6 Å². The van der Waals surface area contributed by atoms with E-state index in [1.807, 2.05) is 29.2 Å². The number of benzene rings is 1. The molecule has 1 aromatic carbocycles. The van der Waals surface area contributed by atoms with Crippen LogP contribution in [0.3, 0.4) is 0 Å². The molecule has 1 saturated carbocycles. The SMILES string of the molecule is O=C(c1cnccn1)N(Cc1cccc(Br)c1)CC1CC1. The van der Waals surface area contributed by atoms with Gasteiger partial charge in [-0.3, -0.25) is 9.78 Å². The van der Waals surface area contributed by atoms with E-state index < -0.39 is 0 Å². The van der Waals surface area contributed by atoms with E-state index >= 15 is 0 Å². The van der Waals surface area contributed by atoms with Crippen LogP contribution in [0, 0.1) is 5.92 Å². The fraction of sp³-hybridized carbons (Fsp3) is 0.312. The third-order valence-electron chi connectivity index (χ3n) is 3.51. The molecule has 0 saturated heterocycles. The average Bonchev–Trinajstić information content (AvgIpc) is 3.31. The molecule has 0 spiro atoms. The van der Waals surface area contributed by atoms with Crippen LogP contribution in [0.2, 0.25) is 0 Å². The summed E-state index contributed by atoms with van der Waals surface area (Å²) in [7, 11) is 0. The zero-order valence-corrected chi connectivity index (χ0v) is 13.2. The summed E-state index contributed by atoms with van der Waals surface area (Å²) < 4.78 is 1.03. The monoisotopic (exact) mass is 345 g/mol. The molecule has 0 bridgehead atoms. The van der Waals surface area contributed by atoms with Gasteiger partial charge in [0.05, 0.1) is 6.20 Å². The Labute approximate surface area is 132 Å². The molecule has 0 N–H and O–H groups in total. The first-order valence-electron chi connectivity index (χ1n) is 7.02. The minimum Gasteiger partial charge on any atom is -0.333 e. The third kappa shape index (κ3) is 3.88. The standard InChI is InChI=1S/C16H16BrN3O/c17-14-3-1-2-13(8-14)11-20(10-12-4-5-12)16(21)15-9-18-6-7-19-15/h1-3,6-9,12H,4-5,10-11H2. The summed E-state index contributed by atoms with van der Waals surface area (Å²) in [5, 5.41) is 0. The number of halogens is 1. The Morgan fingerprint density at radius 1 is 1.33 bits per heavy atom. The summed E-state index contributed by atoms with van der Waals surface area (Å²) in [6.45, 7) is 1.40. The van der Waals surface area contributed by atoms with Gasteiger partial charge in [0, 0.05) is 30.0 Å². The molecule has 0 radical (unpaired) electrons. The van der Waals surface area contributed by atoms with Crippen LogP contribution in [-0.4, -0.2) is 27.3 Å². The Hall–Kier alpha value is -1.75. The van der Waals surface area contributed by atoms with E-state index in [0.29, 0.717) is 18.2 Å². The quantitative estimate of drug-likeness (QED) is 0.835. The molecule has 1 aromatic heterocycles. The highest BCUT2D eigenvalue weighted by Crippen LogP contribution is 2.30. The lowest BCUT2D eigenvalue weighted by Crippen LogP contribution is -2.33. The van der Waals surface area contributed by atoms with Crippen molar-refractivity contribution in [1.82, 2.24) is 14.9 Å². The van der Waals surface area contributed by atoms with E-state index in [2.05, 4.69) is 25.9 Å². The number of hydrogen-bond donors (Lipinski definition) is 0. The van der Waals surface area contributed by atoms with Crippen LogP contribution in [0.4, 0.5) is 0 Å². The predicted octanol–water partition coefficient (Wildman–Crippen LogP) is 3.29. The van der Waals surface area contributed by atoms with E-state index in [4.69, 9.17) is 0 Å². The van der Waals surface area contributed by atoms with Gasteiger partial charge >= 0.3 is 0 Å². The van der Waals surface area contributed by atoms with Crippen molar-refractivity contribution in [2.75, 3.05) is 6.54 Å². The first-order valence-corrected chi connectivity index (χ1v) is 7.81. The Kier molecular flexibility index (Phi) is 4.29. The van der Waals surface area contributed by atoms with Gasteiger partial charge in [-0.2, -0.15) is 0 Å². The fourth-order valence-corrected chi connectivity index (χ4v) is 2.71. The maximum absolute atomic E-state index is 12.6. The van der Waals surface area contributed by atoms with Crippen LogP contribution < -0.4 is 0 Å². The van der Waals surface area contributed by atoms with E-state index in [9.17, 15) is 4.79 Å². The number of nitrogens with zero attached hydrogens (tertiary/aromatic N) is 3. The molecule has 2 aromatic rings. The summed E-state index contributed by atoms with van der Waals surface area (Å²) in [6.07, 6.45) is 7.09. The second-order valence-corrected chi connectivity index (χ2v) is 6.27. The topological polar surface area (TPSA) is 46.1 Å². The van der Waals surface area contributed by atoms with Gasteiger partial charge in [0.1, 0.15) is 5.69 Å². The first kappa shape index (κ1) is 14.2. The minimum absolute atomic E-state index is 0.0463. The molecule has 21 heavy (non-hydrogen) atoms. The maximum atomic E-state index is 12.6. The molecule has 0 atom stereocenters. The first-order chi connectivity index (χ1) is 10.2. The van der Waals surface area contributed by atoms with Crippen molar-refractivity contribution in [3.63, 3.8) is 0 Å². The lowest BCUT2D eigenvalue weighted by atomic mass is 10.2. The van der Waals surface area contributed by atoms with Gasteiger partial charge in [0.2, 0.25) is 0 Å². The Bertz CT molecular complexity index is 628. The zero-order valence-electron chi connectivity index (χ0n) is 11.6. The number of amides is 1. The largest absolute Gasteiger partial charge is 0.333 e. The van der Waals surface area contributed by atoms with Gasteiger partial charge in [-0.15, -0.1) is 0 Å². The maximum Gasteiger partial charge on any atom is 0.274 e. The fourth-order valence-electron chi connectivity index (χ4n) is 2.26. The van der Waals surface area contributed by atoms with Crippen LogP contribution >= 0.6 is 15.9 Å². The molecule has 1 heterocycles. The third-order valence-corrected chi connectivity index (χ3v) is 4.00. The number of aromatic nitrogens is 2. The number of hydrogen-bond acceptors (Lipinski definition) is 3. The molecule has 1 aliphatic carbocycles. The highest BCUT2D eigenvalue weighted by molar-refractivity contribution is 9.10.